The maximum Gasteiger partial charge on any atom is 0.0889 e. The van der Waals surface area contributed by atoms with Gasteiger partial charge in [0.05, 0.1) is 5.60 Å². The first-order valence-corrected chi connectivity index (χ1v) is 9.81. The highest BCUT2D eigenvalue weighted by Crippen LogP contribution is 2.45. The smallest absolute Gasteiger partial charge is 0.0889 e. The third kappa shape index (κ3) is 5.07. The van der Waals surface area contributed by atoms with Crippen molar-refractivity contribution in [2.45, 2.75) is 49.7 Å². The van der Waals surface area contributed by atoms with Gasteiger partial charge in [0.25, 0.3) is 0 Å². The van der Waals surface area contributed by atoms with Crippen LogP contribution in [0.15, 0.2) is 43.0 Å². The highest BCUT2D eigenvalue weighted by molar-refractivity contribution is 5.85. The standard InChI is InChI=1S/C22H34N2O.2ClH/c1-4-22(25)15-16-24(18-20(22)17-23(2)3)21(13-9-6-10-14-21)19-11-7-5-8-12-19;;/h4-5,7-8,11-12,20,25H,1,6,9-10,13-18H2,2-3H3;2*1H. The first-order chi connectivity index (χ1) is 12.0. The quantitative estimate of drug-likeness (QED) is 0.718. The number of rotatable bonds is 5. The maximum absolute atomic E-state index is 11.1. The van der Waals surface area contributed by atoms with Gasteiger partial charge in [-0.15, -0.1) is 31.4 Å². The first-order valence-electron chi connectivity index (χ1n) is 9.81. The molecule has 0 spiro atoms. The molecule has 3 rings (SSSR count). The molecule has 0 amide bonds. The Morgan fingerprint density at radius 2 is 1.74 bits per heavy atom. The van der Waals surface area contributed by atoms with Gasteiger partial charge in [-0.1, -0.05) is 55.7 Å². The van der Waals surface area contributed by atoms with E-state index in [1.54, 1.807) is 6.08 Å². The van der Waals surface area contributed by atoms with Gasteiger partial charge in [0, 0.05) is 31.1 Å². The summed E-state index contributed by atoms with van der Waals surface area (Å²) in [5.41, 5.74) is 0.863. The molecule has 1 aromatic rings. The fourth-order valence-electron chi connectivity index (χ4n) is 5.02. The van der Waals surface area contributed by atoms with Crippen molar-refractivity contribution in [3.63, 3.8) is 0 Å². The molecule has 1 heterocycles. The van der Waals surface area contributed by atoms with E-state index < -0.39 is 5.60 Å². The molecule has 3 nitrogen and oxygen atoms in total. The second-order valence-electron chi connectivity index (χ2n) is 8.31. The van der Waals surface area contributed by atoms with E-state index in [1.165, 1.54) is 37.7 Å². The topological polar surface area (TPSA) is 26.7 Å². The Morgan fingerprint density at radius 1 is 1.11 bits per heavy atom. The van der Waals surface area contributed by atoms with Crippen molar-refractivity contribution in [2.24, 2.45) is 5.92 Å². The van der Waals surface area contributed by atoms with Gasteiger partial charge in [0.2, 0.25) is 0 Å². The molecule has 1 N–H and O–H groups in total. The van der Waals surface area contributed by atoms with E-state index in [-0.39, 0.29) is 36.3 Å². The number of nitrogens with zero attached hydrogens (tertiary/aromatic N) is 2. The predicted octanol–water partition coefficient (Wildman–Crippen LogP) is 4.49. The number of likely N-dealkylation sites (tertiary alicyclic amines) is 1. The molecule has 0 radical (unpaired) electrons. The molecular weight excluding hydrogens is 379 g/mol. The highest BCUT2D eigenvalue weighted by atomic mass is 35.5. The van der Waals surface area contributed by atoms with E-state index in [9.17, 15) is 5.11 Å². The van der Waals surface area contributed by atoms with Crippen LogP contribution in [0.4, 0.5) is 0 Å². The molecule has 0 bridgehead atoms. The lowest BCUT2D eigenvalue weighted by Gasteiger charge is -2.53. The SMILES string of the molecule is C=CC1(O)CCN(C2(c3ccccc3)CCCCC2)CC1CN(C)C.Cl.Cl. The molecule has 0 aromatic heterocycles. The summed E-state index contributed by atoms with van der Waals surface area (Å²) < 4.78 is 0. The number of halogens is 2. The molecule has 5 heteroatoms. The number of piperidine rings is 1. The molecule has 2 aliphatic rings. The van der Waals surface area contributed by atoms with Crippen LogP contribution in [0.1, 0.15) is 44.1 Å². The zero-order chi connectivity index (χ0) is 17.9. The van der Waals surface area contributed by atoms with Crippen molar-refractivity contribution >= 4 is 24.8 Å². The number of hydrogen-bond acceptors (Lipinski definition) is 3. The van der Waals surface area contributed by atoms with Crippen LogP contribution in [-0.2, 0) is 5.54 Å². The molecule has 1 aliphatic heterocycles. The Morgan fingerprint density at radius 3 is 2.30 bits per heavy atom. The fraction of sp³-hybridized carbons (Fsp3) is 0.636. The average Bonchev–Trinajstić information content (AvgIpc) is 2.64. The second-order valence-corrected chi connectivity index (χ2v) is 8.31. The van der Waals surface area contributed by atoms with Crippen molar-refractivity contribution in [1.82, 2.24) is 9.80 Å². The van der Waals surface area contributed by atoms with E-state index in [2.05, 4.69) is 60.8 Å². The van der Waals surface area contributed by atoms with Gasteiger partial charge < -0.3 is 10.0 Å². The average molecular weight is 415 g/mol. The Kier molecular flexibility index (Phi) is 9.30. The zero-order valence-electron chi connectivity index (χ0n) is 16.8. The van der Waals surface area contributed by atoms with Crippen LogP contribution in [0, 0.1) is 5.92 Å². The van der Waals surface area contributed by atoms with Gasteiger partial charge in [-0.2, -0.15) is 0 Å². The molecule has 1 aliphatic carbocycles. The largest absolute Gasteiger partial charge is 0.385 e. The van der Waals surface area contributed by atoms with Crippen LogP contribution in [0.25, 0.3) is 0 Å². The summed E-state index contributed by atoms with van der Waals surface area (Å²) in [6.45, 7) is 6.72. The van der Waals surface area contributed by atoms with Crippen molar-refractivity contribution in [2.75, 3.05) is 33.7 Å². The third-order valence-electron chi connectivity index (χ3n) is 6.47. The number of aliphatic hydroxyl groups is 1. The third-order valence-corrected chi connectivity index (χ3v) is 6.47. The van der Waals surface area contributed by atoms with Crippen LogP contribution in [-0.4, -0.2) is 54.2 Å². The van der Waals surface area contributed by atoms with Gasteiger partial charge >= 0.3 is 0 Å². The zero-order valence-corrected chi connectivity index (χ0v) is 18.4. The molecule has 2 unspecified atom stereocenters. The van der Waals surface area contributed by atoms with E-state index >= 15 is 0 Å². The molecule has 27 heavy (non-hydrogen) atoms. The van der Waals surface area contributed by atoms with Crippen LogP contribution < -0.4 is 0 Å². The minimum Gasteiger partial charge on any atom is -0.385 e. The van der Waals surface area contributed by atoms with Crippen molar-refractivity contribution in [3.05, 3.63) is 48.6 Å². The van der Waals surface area contributed by atoms with Gasteiger partial charge in [0.1, 0.15) is 0 Å². The lowest BCUT2D eigenvalue weighted by molar-refractivity contribution is -0.0836. The highest BCUT2D eigenvalue weighted by Gasteiger charge is 2.47. The molecule has 154 valence electrons. The monoisotopic (exact) mass is 414 g/mol. The normalized spacial score (nSPS) is 28.1. The van der Waals surface area contributed by atoms with Crippen LogP contribution in [0.5, 0.6) is 0 Å². The minimum absolute atomic E-state index is 0. The first kappa shape index (κ1) is 24.5. The van der Waals surface area contributed by atoms with E-state index in [0.717, 1.165) is 26.1 Å². The molecule has 2 atom stereocenters. The van der Waals surface area contributed by atoms with Crippen LogP contribution in [0.3, 0.4) is 0 Å². The predicted molar refractivity (Wildman–Crippen MR) is 119 cm³/mol. The molecule has 1 saturated carbocycles. The second kappa shape index (κ2) is 10.3. The minimum atomic E-state index is -0.743. The molecule has 1 saturated heterocycles. The summed E-state index contributed by atoms with van der Waals surface area (Å²) in [4.78, 5) is 4.88. The Labute approximate surface area is 177 Å². The Bertz CT molecular complexity index is 575. The molecular formula is C22H36Cl2N2O. The Balaban J connectivity index is 0.00000182. The number of benzene rings is 1. The molecule has 1 aromatic carbocycles. The van der Waals surface area contributed by atoms with Crippen molar-refractivity contribution in [3.8, 4) is 0 Å². The maximum atomic E-state index is 11.1. The summed E-state index contributed by atoms with van der Waals surface area (Å²) in [6.07, 6.45) is 8.99. The van der Waals surface area contributed by atoms with E-state index in [0.29, 0.717) is 0 Å². The molecule has 2 fully saturated rings. The summed E-state index contributed by atoms with van der Waals surface area (Å²) >= 11 is 0. The summed E-state index contributed by atoms with van der Waals surface area (Å²) in [7, 11) is 4.19. The Hall–Kier alpha value is -0.580. The van der Waals surface area contributed by atoms with Gasteiger partial charge in [-0.3, -0.25) is 4.90 Å². The van der Waals surface area contributed by atoms with Crippen molar-refractivity contribution in [1.29, 1.82) is 0 Å². The van der Waals surface area contributed by atoms with Crippen LogP contribution >= 0.6 is 24.8 Å². The number of hydrogen-bond donors (Lipinski definition) is 1. The summed E-state index contributed by atoms with van der Waals surface area (Å²) in [5.74, 6) is 0.205. The fourth-order valence-corrected chi connectivity index (χ4v) is 5.02. The summed E-state index contributed by atoms with van der Waals surface area (Å²) in [6, 6.07) is 11.1. The van der Waals surface area contributed by atoms with Gasteiger partial charge in [-0.05, 0) is 38.9 Å². The summed E-state index contributed by atoms with van der Waals surface area (Å²) in [5, 5.41) is 11.1. The van der Waals surface area contributed by atoms with E-state index in [1.807, 2.05) is 0 Å². The van der Waals surface area contributed by atoms with Gasteiger partial charge in [-0.25, -0.2) is 0 Å². The van der Waals surface area contributed by atoms with Crippen molar-refractivity contribution < 1.29 is 5.11 Å². The van der Waals surface area contributed by atoms with Crippen LogP contribution in [0.2, 0.25) is 0 Å². The lowest BCUT2D eigenvalue weighted by Crippen LogP contribution is -2.59. The lowest BCUT2D eigenvalue weighted by atomic mass is 9.72. The van der Waals surface area contributed by atoms with Gasteiger partial charge in [0.15, 0.2) is 0 Å². The van der Waals surface area contributed by atoms with E-state index in [4.69, 9.17) is 0 Å².